The lowest BCUT2D eigenvalue weighted by Crippen LogP contribution is -2.39. The van der Waals surface area contributed by atoms with Gasteiger partial charge in [-0.05, 0) is 36.6 Å². The number of hydrogen-bond acceptors (Lipinski definition) is 1. The monoisotopic (exact) mass is 299 g/mol. The van der Waals surface area contributed by atoms with Gasteiger partial charge in [-0.15, -0.1) is 0 Å². The molecule has 1 unspecified atom stereocenters. The fraction of sp³-hybridized carbons (Fsp3) is 0.278. The number of benzene rings is 2. The third kappa shape index (κ3) is 4.88. The zero-order valence-corrected chi connectivity index (χ0v) is 13.0. The molecule has 0 aliphatic heterocycles. The summed E-state index contributed by atoms with van der Waals surface area (Å²) in [6.45, 7) is 2.84. The van der Waals surface area contributed by atoms with Crippen LogP contribution in [-0.2, 0) is 6.42 Å². The Balaban J connectivity index is 1.81. The molecule has 2 aromatic rings. The maximum absolute atomic E-state index is 12.9. The second-order valence-corrected chi connectivity index (χ2v) is 5.15. The molecule has 116 valence electrons. The summed E-state index contributed by atoms with van der Waals surface area (Å²) in [5, 5.41) is 6.64. The first-order chi connectivity index (χ1) is 10.7. The van der Waals surface area contributed by atoms with Crippen LogP contribution in [0.4, 0.5) is 4.39 Å². The maximum atomic E-state index is 12.9. The molecule has 0 bridgehead atoms. The van der Waals surface area contributed by atoms with E-state index in [0.29, 0.717) is 0 Å². The van der Waals surface area contributed by atoms with Gasteiger partial charge < -0.3 is 10.6 Å². The van der Waals surface area contributed by atoms with Gasteiger partial charge in [-0.2, -0.15) is 0 Å². The van der Waals surface area contributed by atoms with Gasteiger partial charge >= 0.3 is 0 Å². The van der Waals surface area contributed by atoms with E-state index in [-0.39, 0.29) is 11.9 Å². The Morgan fingerprint density at radius 3 is 2.41 bits per heavy atom. The van der Waals surface area contributed by atoms with Crippen molar-refractivity contribution in [1.82, 2.24) is 10.6 Å². The summed E-state index contributed by atoms with van der Waals surface area (Å²) in [6, 6.07) is 17.0. The fourth-order valence-electron chi connectivity index (χ4n) is 2.20. The predicted octanol–water partition coefficient (Wildman–Crippen LogP) is 3.29. The van der Waals surface area contributed by atoms with Crippen LogP contribution in [0.15, 0.2) is 59.6 Å². The van der Waals surface area contributed by atoms with E-state index < -0.39 is 0 Å². The molecule has 0 amide bonds. The molecule has 0 saturated carbocycles. The minimum atomic E-state index is -0.203. The van der Waals surface area contributed by atoms with Crippen LogP contribution in [0.3, 0.4) is 0 Å². The number of nitrogens with one attached hydrogen (secondary N) is 2. The maximum Gasteiger partial charge on any atom is 0.191 e. The molecule has 0 radical (unpaired) electrons. The van der Waals surface area contributed by atoms with E-state index in [1.807, 2.05) is 18.2 Å². The number of guanidine groups is 1. The first-order valence-corrected chi connectivity index (χ1v) is 7.45. The molecule has 3 nitrogen and oxygen atoms in total. The summed E-state index contributed by atoms with van der Waals surface area (Å²) in [5.74, 6) is 0.560. The quantitative estimate of drug-likeness (QED) is 0.656. The standard InChI is InChI=1S/C18H22FN3/c1-14(16-6-4-3-5-7-16)22-18(20-2)21-13-12-15-8-10-17(19)11-9-15/h3-11,14H,12-13H2,1-2H3,(H2,20,21,22). The summed E-state index contributed by atoms with van der Waals surface area (Å²) >= 11 is 0. The van der Waals surface area contributed by atoms with Crippen molar-refractivity contribution in [3.8, 4) is 0 Å². The molecule has 22 heavy (non-hydrogen) atoms. The lowest BCUT2D eigenvalue weighted by atomic mass is 10.1. The van der Waals surface area contributed by atoms with Crippen LogP contribution < -0.4 is 10.6 Å². The molecule has 0 aliphatic carbocycles. The Morgan fingerprint density at radius 1 is 1.09 bits per heavy atom. The zero-order chi connectivity index (χ0) is 15.8. The van der Waals surface area contributed by atoms with E-state index in [4.69, 9.17) is 0 Å². The Hall–Kier alpha value is -2.36. The third-order valence-electron chi connectivity index (χ3n) is 3.50. The Morgan fingerprint density at radius 2 is 1.77 bits per heavy atom. The second kappa shape index (κ2) is 8.17. The van der Waals surface area contributed by atoms with Gasteiger partial charge in [-0.25, -0.2) is 4.39 Å². The van der Waals surface area contributed by atoms with Crippen LogP contribution in [0.2, 0.25) is 0 Å². The van der Waals surface area contributed by atoms with E-state index in [1.54, 1.807) is 19.2 Å². The van der Waals surface area contributed by atoms with Gasteiger partial charge in [0, 0.05) is 13.6 Å². The van der Waals surface area contributed by atoms with Crippen molar-refractivity contribution in [3.05, 3.63) is 71.5 Å². The summed E-state index contributed by atoms with van der Waals surface area (Å²) in [5.41, 5.74) is 2.31. The van der Waals surface area contributed by atoms with Crippen molar-refractivity contribution in [2.45, 2.75) is 19.4 Å². The molecule has 1 atom stereocenters. The van der Waals surface area contributed by atoms with Gasteiger partial charge in [-0.1, -0.05) is 42.5 Å². The molecule has 2 rings (SSSR count). The molecule has 2 N–H and O–H groups in total. The number of rotatable bonds is 5. The minimum absolute atomic E-state index is 0.179. The van der Waals surface area contributed by atoms with Crippen molar-refractivity contribution < 1.29 is 4.39 Å². The summed E-state index contributed by atoms with van der Waals surface area (Å²) in [7, 11) is 1.75. The van der Waals surface area contributed by atoms with Crippen LogP contribution in [0.1, 0.15) is 24.1 Å². The highest BCUT2D eigenvalue weighted by molar-refractivity contribution is 5.80. The van der Waals surface area contributed by atoms with E-state index in [2.05, 4.69) is 34.7 Å². The van der Waals surface area contributed by atoms with E-state index in [1.165, 1.54) is 17.7 Å². The number of nitrogens with zero attached hydrogens (tertiary/aromatic N) is 1. The number of aliphatic imine (C=N–C) groups is 1. The molecule has 4 heteroatoms. The van der Waals surface area contributed by atoms with E-state index in [9.17, 15) is 4.39 Å². The van der Waals surface area contributed by atoms with Gasteiger partial charge in [-0.3, -0.25) is 4.99 Å². The number of halogens is 1. The van der Waals surface area contributed by atoms with E-state index in [0.717, 1.165) is 24.5 Å². The predicted molar refractivity (Wildman–Crippen MR) is 89.5 cm³/mol. The lowest BCUT2D eigenvalue weighted by Gasteiger charge is -2.18. The molecular formula is C18H22FN3. The van der Waals surface area contributed by atoms with Gasteiger partial charge in [0.1, 0.15) is 5.82 Å². The highest BCUT2D eigenvalue weighted by atomic mass is 19.1. The van der Waals surface area contributed by atoms with Gasteiger partial charge in [0.15, 0.2) is 5.96 Å². The van der Waals surface area contributed by atoms with Crippen molar-refractivity contribution in [1.29, 1.82) is 0 Å². The fourth-order valence-corrected chi connectivity index (χ4v) is 2.20. The average Bonchev–Trinajstić information content (AvgIpc) is 2.56. The zero-order valence-electron chi connectivity index (χ0n) is 13.0. The number of hydrogen-bond donors (Lipinski definition) is 2. The molecule has 2 aromatic carbocycles. The molecule has 0 spiro atoms. The Kier molecular flexibility index (Phi) is 5.95. The first-order valence-electron chi connectivity index (χ1n) is 7.45. The molecule has 0 fully saturated rings. The topological polar surface area (TPSA) is 36.4 Å². The molecule has 0 aliphatic rings. The Labute approximate surface area is 131 Å². The normalized spacial score (nSPS) is 12.8. The van der Waals surface area contributed by atoms with Crippen LogP contribution in [0.25, 0.3) is 0 Å². The largest absolute Gasteiger partial charge is 0.356 e. The van der Waals surface area contributed by atoms with Gasteiger partial charge in [0.2, 0.25) is 0 Å². The highest BCUT2D eigenvalue weighted by Crippen LogP contribution is 2.10. The Bertz CT molecular complexity index is 593. The van der Waals surface area contributed by atoms with Crippen LogP contribution in [0, 0.1) is 5.82 Å². The van der Waals surface area contributed by atoms with Crippen molar-refractivity contribution in [2.75, 3.05) is 13.6 Å². The van der Waals surface area contributed by atoms with Crippen molar-refractivity contribution in [3.63, 3.8) is 0 Å². The smallest absolute Gasteiger partial charge is 0.191 e. The van der Waals surface area contributed by atoms with Crippen molar-refractivity contribution >= 4 is 5.96 Å². The SMILES string of the molecule is CN=C(NCCc1ccc(F)cc1)NC(C)c1ccccc1. The summed E-state index contributed by atoms with van der Waals surface area (Å²) < 4.78 is 12.9. The average molecular weight is 299 g/mol. The van der Waals surface area contributed by atoms with Crippen LogP contribution in [-0.4, -0.2) is 19.6 Å². The molecule has 0 aromatic heterocycles. The lowest BCUT2D eigenvalue weighted by molar-refractivity contribution is 0.626. The van der Waals surface area contributed by atoms with Crippen LogP contribution in [0.5, 0.6) is 0 Å². The van der Waals surface area contributed by atoms with Gasteiger partial charge in [0.25, 0.3) is 0 Å². The van der Waals surface area contributed by atoms with E-state index >= 15 is 0 Å². The second-order valence-electron chi connectivity index (χ2n) is 5.15. The molecule has 0 heterocycles. The van der Waals surface area contributed by atoms with Gasteiger partial charge in [0.05, 0.1) is 6.04 Å². The minimum Gasteiger partial charge on any atom is -0.356 e. The first kappa shape index (κ1) is 16.0. The molecule has 0 saturated heterocycles. The summed E-state index contributed by atoms with van der Waals surface area (Å²) in [4.78, 5) is 4.23. The van der Waals surface area contributed by atoms with Crippen LogP contribution >= 0.6 is 0 Å². The third-order valence-corrected chi connectivity index (χ3v) is 3.50. The highest BCUT2D eigenvalue weighted by Gasteiger charge is 2.06. The summed E-state index contributed by atoms with van der Waals surface area (Å²) in [6.07, 6.45) is 0.820. The van der Waals surface area contributed by atoms with Crippen molar-refractivity contribution in [2.24, 2.45) is 4.99 Å². The molecular weight excluding hydrogens is 277 g/mol.